The largest absolute Gasteiger partial charge is 0.342 e. The highest BCUT2D eigenvalue weighted by Crippen LogP contribution is 2.28. The highest BCUT2D eigenvalue weighted by Gasteiger charge is 2.26. The van der Waals surface area contributed by atoms with E-state index in [1.165, 1.54) is 23.4 Å². The average Bonchev–Trinajstić information content (AvgIpc) is 3.16. The predicted molar refractivity (Wildman–Crippen MR) is 110 cm³/mol. The zero-order chi connectivity index (χ0) is 20.6. The molecule has 1 amide bonds. The Balaban J connectivity index is 2.12. The second kappa shape index (κ2) is 8.06. The fourth-order valence-electron chi connectivity index (χ4n) is 3.47. The number of hydrogen-bond donors (Lipinski definition) is 0. The van der Waals surface area contributed by atoms with Gasteiger partial charge in [0.05, 0.1) is 5.25 Å². The van der Waals surface area contributed by atoms with Gasteiger partial charge in [-0.2, -0.15) is 0 Å². The zero-order valence-corrected chi connectivity index (χ0v) is 17.9. The Morgan fingerprint density at radius 2 is 1.79 bits per heavy atom. The summed E-state index contributed by atoms with van der Waals surface area (Å²) in [5.41, 5.74) is -0.470. The van der Waals surface area contributed by atoms with Crippen molar-refractivity contribution in [2.24, 2.45) is 13.0 Å². The van der Waals surface area contributed by atoms with E-state index < -0.39 is 5.56 Å². The van der Waals surface area contributed by atoms with Gasteiger partial charge in [0.15, 0.2) is 5.65 Å². The van der Waals surface area contributed by atoms with Crippen molar-refractivity contribution >= 4 is 28.7 Å². The summed E-state index contributed by atoms with van der Waals surface area (Å²) in [6.07, 6.45) is 2.06. The van der Waals surface area contributed by atoms with Crippen LogP contribution >= 0.6 is 11.8 Å². The van der Waals surface area contributed by atoms with E-state index in [0.717, 1.165) is 30.5 Å². The number of thioether (sulfide) groups is 1. The van der Waals surface area contributed by atoms with Gasteiger partial charge in [0.1, 0.15) is 16.2 Å². The Morgan fingerprint density at radius 3 is 2.39 bits per heavy atom. The van der Waals surface area contributed by atoms with Crippen molar-refractivity contribution in [3.8, 4) is 0 Å². The SMILES string of the molecule is Cc1nc(SC(C)C(=O)N2CCCC2)c2c(=O)n(C)c(=O)n(CC(C)C)c2n1. The molecule has 28 heavy (non-hydrogen) atoms. The molecule has 3 heterocycles. The van der Waals surface area contributed by atoms with Gasteiger partial charge in [-0.05, 0) is 32.6 Å². The summed E-state index contributed by atoms with van der Waals surface area (Å²) < 4.78 is 2.63. The molecule has 1 unspecified atom stereocenters. The van der Waals surface area contributed by atoms with Crippen molar-refractivity contribution in [1.82, 2.24) is 24.0 Å². The fourth-order valence-corrected chi connectivity index (χ4v) is 4.53. The Bertz CT molecular complexity index is 1020. The molecule has 0 aromatic carbocycles. The lowest BCUT2D eigenvalue weighted by Crippen LogP contribution is -2.40. The molecule has 0 saturated carbocycles. The third-order valence-electron chi connectivity index (χ3n) is 4.86. The molecule has 9 heteroatoms. The molecule has 1 aliphatic rings. The maximum Gasteiger partial charge on any atom is 0.332 e. The minimum atomic E-state index is -0.427. The fraction of sp³-hybridized carbons (Fsp3) is 0.632. The summed E-state index contributed by atoms with van der Waals surface area (Å²) >= 11 is 1.27. The number of aryl methyl sites for hydroxylation is 1. The van der Waals surface area contributed by atoms with Gasteiger partial charge in [-0.15, -0.1) is 0 Å². The van der Waals surface area contributed by atoms with Gasteiger partial charge in [-0.25, -0.2) is 14.8 Å². The van der Waals surface area contributed by atoms with Crippen molar-refractivity contribution in [3.63, 3.8) is 0 Å². The van der Waals surface area contributed by atoms with Gasteiger partial charge >= 0.3 is 5.69 Å². The molecule has 2 aromatic rings. The number of hydrogen-bond acceptors (Lipinski definition) is 6. The second-order valence-electron chi connectivity index (χ2n) is 7.72. The van der Waals surface area contributed by atoms with Crippen LogP contribution in [0.3, 0.4) is 0 Å². The second-order valence-corrected chi connectivity index (χ2v) is 9.05. The predicted octanol–water partition coefficient (Wildman–Crippen LogP) is 1.56. The summed E-state index contributed by atoms with van der Waals surface area (Å²) in [7, 11) is 1.47. The molecular weight excluding hydrogens is 378 g/mol. The molecule has 2 aromatic heterocycles. The number of amides is 1. The van der Waals surface area contributed by atoms with Crippen molar-refractivity contribution in [2.45, 2.75) is 57.4 Å². The molecular formula is C19H27N5O3S. The Labute approximate surface area is 168 Å². The van der Waals surface area contributed by atoms with E-state index >= 15 is 0 Å². The maximum atomic E-state index is 12.9. The molecule has 3 rings (SSSR count). The molecule has 152 valence electrons. The number of rotatable bonds is 5. The van der Waals surface area contributed by atoms with E-state index in [4.69, 9.17) is 0 Å². The highest BCUT2D eigenvalue weighted by atomic mass is 32.2. The molecule has 1 fully saturated rings. The van der Waals surface area contributed by atoms with Crippen LogP contribution in [-0.4, -0.2) is 48.2 Å². The molecule has 1 atom stereocenters. The smallest absolute Gasteiger partial charge is 0.332 e. The first kappa shape index (κ1) is 20.6. The zero-order valence-electron chi connectivity index (χ0n) is 17.1. The van der Waals surface area contributed by atoms with Crippen LogP contribution in [0.2, 0.25) is 0 Å². The van der Waals surface area contributed by atoms with Crippen molar-refractivity contribution in [2.75, 3.05) is 13.1 Å². The maximum absolute atomic E-state index is 12.9. The Kier molecular flexibility index (Phi) is 5.92. The molecule has 1 aliphatic heterocycles. The first-order chi connectivity index (χ1) is 13.2. The van der Waals surface area contributed by atoms with E-state index in [1.807, 2.05) is 25.7 Å². The van der Waals surface area contributed by atoms with E-state index in [2.05, 4.69) is 9.97 Å². The highest BCUT2D eigenvalue weighted by molar-refractivity contribution is 8.00. The van der Waals surface area contributed by atoms with Crippen LogP contribution in [0, 0.1) is 12.8 Å². The summed E-state index contributed by atoms with van der Waals surface area (Å²) in [6.45, 7) is 9.59. The Morgan fingerprint density at radius 1 is 1.14 bits per heavy atom. The first-order valence-corrected chi connectivity index (χ1v) is 10.5. The molecule has 8 nitrogen and oxygen atoms in total. The van der Waals surface area contributed by atoms with Gasteiger partial charge in [0.25, 0.3) is 5.56 Å². The number of likely N-dealkylation sites (tertiary alicyclic amines) is 1. The minimum Gasteiger partial charge on any atom is -0.342 e. The molecule has 0 radical (unpaired) electrons. The van der Waals surface area contributed by atoms with Crippen LogP contribution in [0.15, 0.2) is 14.6 Å². The van der Waals surface area contributed by atoms with E-state index in [-0.39, 0.29) is 22.8 Å². The van der Waals surface area contributed by atoms with Crippen molar-refractivity contribution in [1.29, 1.82) is 0 Å². The van der Waals surface area contributed by atoms with Gasteiger partial charge < -0.3 is 4.90 Å². The van der Waals surface area contributed by atoms with Crippen LogP contribution in [0.4, 0.5) is 0 Å². The normalized spacial score (nSPS) is 15.6. The third kappa shape index (κ3) is 3.85. The lowest BCUT2D eigenvalue weighted by Gasteiger charge is -2.20. The van der Waals surface area contributed by atoms with Gasteiger partial charge in [0.2, 0.25) is 5.91 Å². The molecule has 1 saturated heterocycles. The lowest BCUT2D eigenvalue weighted by atomic mass is 10.2. The van der Waals surface area contributed by atoms with Crippen LogP contribution in [-0.2, 0) is 18.4 Å². The molecule has 0 spiro atoms. The number of aromatic nitrogens is 4. The van der Waals surface area contributed by atoms with E-state index in [0.29, 0.717) is 28.4 Å². The van der Waals surface area contributed by atoms with Crippen LogP contribution in [0.1, 0.15) is 39.4 Å². The number of carbonyl (C=O) groups is 1. The summed E-state index contributed by atoms with van der Waals surface area (Å²) in [6, 6.07) is 0. The third-order valence-corrected chi connectivity index (χ3v) is 5.94. The van der Waals surface area contributed by atoms with Crippen molar-refractivity contribution in [3.05, 3.63) is 26.7 Å². The quantitative estimate of drug-likeness (QED) is 0.554. The van der Waals surface area contributed by atoms with Gasteiger partial charge in [-0.1, -0.05) is 25.6 Å². The van der Waals surface area contributed by atoms with Crippen LogP contribution in [0.5, 0.6) is 0 Å². The lowest BCUT2D eigenvalue weighted by molar-refractivity contribution is -0.129. The summed E-state index contributed by atoms with van der Waals surface area (Å²) in [5, 5.41) is 0.394. The average molecular weight is 406 g/mol. The van der Waals surface area contributed by atoms with Crippen LogP contribution in [0.25, 0.3) is 11.0 Å². The standard InChI is InChI=1S/C19H27N5O3S/c1-11(2)10-24-15-14(18(26)22(5)19(24)27)16(21-13(4)20-15)28-12(3)17(25)23-8-6-7-9-23/h11-12H,6-10H2,1-5H3. The summed E-state index contributed by atoms with van der Waals surface area (Å²) in [4.78, 5) is 49.0. The topological polar surface area (TPSA) is 90.1 Å². The van der Waals surface area contributed by atoms with Crippen molar-refractivity contribution < 1.29 is 4.79 Å². The molecule has 0 aliphatic carbocycles. The Hall–Kier alpha value is -2.16. The molecule has 0 bridgehead atoms. The van der Waals surface area contributed by atoms with E-state index in [1.54, 1.807) is 6.92 Å². The summed E-state index contributed by atoms with van der Waals surface area (Å²) in [5.74, 6) is 0.737. The molecule has 0 N–H and O–H groups in total. The monoisotopic (exact) mass is 405 g/mol. The number of carbonyl (C=O) groups excluding carboxylic acids is 1. The van der Waals surface area contributed by atoms with E-state index in [9.17, 15) is 14.4 Å². The number of fused-ring (bicyclic) bond motifs is 1. The van der Waals surface area contributed by atoms with Crippen LogP contribution < -0.4 is 11.2 Å². The first-order valence-electron chi connectivity index (χ1n) is 9.64. The minimum absolute atomic E-state index is 0.0549. The number of nitrogens with zero attached hydrogens (tertiary/aromatic N) is 5. The van der Waals surface area contributed by atoms with Gasteiger partial charge in [-0.3, -0.25) is 18.7 Å². The van der Waals surface area contributed by atoms with Gasteiger partial charge in [0, 0.05) is 26.7 Å².